The molecule has 1 aliphatic carbocycles. The minimum atomic E-state index is 0.590. The molecule has 94 valence electrons. The van der Waals surface area contributed by atoms with E-state index in [4.69, 9.17) is 4.98 Å². The van der Waals surface area contributed by atoms with E-state index in [2.05, 4.69) is 42.6 Å². The maximum absolute atomic E-state index is 4.69. The normalized spacial score (nSPS) is 24.1. The van der Waals surface area contributed by atoms with Gasteiger partial charge in [-0.25, -0.2) is 4.98 Å². The molecule has 1 saturated carbocycles. The zero-order valence-corrected chi connectivity index (χ0v) is 10.9. The summed E-state index contributed by atoms with van der Waals surface area (Å²) >= 11 is 0. The van der Waals surface area contributed by atoms with E-state index in [-0.39, 0.29) is 0 Å². The number of para-hydroxylation sites is 1. The van der Waals surface area contributed by atoms with Crippen LogP contribution in [0, 0.1) is 5.92 Å². The van der Waals surface area contributed by atoms with Gasteiger partial charge in [-0.1, -0.05) is 38.0 Å². The largest absolute Gasteiger partial charge is 0.367 e. The first-order valence-corrected chi connectivity index (χ1v) is 6.95. The van der Waals surface area contributed by atoms with E-state index in [0.717, 1.165) is 17.3 Å². The summed E-state index contributed by atoms with van der Waals surface area (Å²) in [6, 6.07) is 13.1. The van der Waals surface area contributed by atoms with Gasteiger partial charge in [-0.15, -0.1) is 0 Å². The Labute approximate surface area is 108 Å². The molecule has 2 heteroatoms. The molecule has 0 saturated heterocycles. The van der Waals surface area contributed by atoms with Crippen molar-refractivity contribution in [3.05, 3.63) is 36.4 Å². The van der Waals surface area contributed by atoms with Gasteiger partial charge in [-0.3, -0.25) is 0 Å². The predicted molar refractivity (Wildman–Crippen MR) is 76.8 cm³/mol. The van der Waals surface area contributed by atoms with Crippen LogP contribution in [-0.4, -0.2) is 11.0 Å². The molecule has 0 bridgehead atoms. The first-order chi connectivity index (χ1) is 8.83. The lowest BCUT2D eigenvalue weighted by Gasteiger charge is -2.29. The second-order valence-electron chi connectivity index (χ2n) is 5.40. The van der Waals surface area contributed by atoms with E-state index in [9.17, 15) is 0 Å². The molecule has 1 aromatic carbocycles. The number of nitrogens with one attached hydrogen (secondary N) is 1. The maximum Gasteiger partial charge on any atom is 0.126 e. The van der Waals surface area contributed by atoms with Gasteiger partial charge in [0.1, 0.15) is 5.82 Å². The molecule has 1 heterocycles. The van der Waals surface area contributed by atoms with Crippen molar-refractivity contribution < 1.29 is 0 Å². The van der Waals surface area contributed by atoms with E-state index in [1.165, 1.54) is 31.1 Å². The lowest BCUT2D eigenvalue weighted by atomic mass is 9.86. The Morgan fingerprint density at radius 1 is 1.06 bits per heavy atom. The predicted octanol–water partition coefficient (Wildman–Crippen LogP) is 4.23. The Hall–Kier alpha value is -1.57. The van der Waals surface area contributed by atoms with Gasteiger partial charge in [0.05, 0.1) is 5.52 Å². The van der Waals surface area contributed by atoms with Crippen molar-refractivity contribution >= 4 is 16.7 Å². The van der Waals surface area contributed by atoms with Crippen LogP contribution in [0.1, 0.15) is 32.6 Å². The summed E-state index contributed by atoms with van der Waals surface area (Å²) < 4.78 is 0. The van der Waals surface area contributed by atoms with Crippen LogP contribution in [-0.2, 0) is 0 Å². The van der Waals surface area contributed by atoms with Crippen molar-refractivity contribution in [2.24, 2.45) is 5.92 Å². The van der Waals surface area contributed by atoms with Crippen LogP contribution in [0.5, 0.6) is 0 Å². The van der Waals surface area contributed by atoms with Gasteiger partial charge in [0.2, 0.25) is 0 Å². The summed E-state index contributed by atoms with van der Waals surface area (Å²) in [6.45, 7) is 2.35. The van der Waals surface area contributed by atoms with E-state index >= 15 is 0 Å². The van der Waals surface area contributed by atoms with Crippen molar-refractivity contribution in [3.63, 3.8) is 0 Å². The van der Waals surface area contributed by atoms with Gasteiger partial charge in [-0.2, -0.15) is 0 Å². The minimum Gasteiger partial charge on any atom is -0.367 e. The van der Waals surface area contributed by atoms with Crippen molar-refractivity contribution in [1.82, 2.24) is 4.98 Å². The van der Waals surface area contributed by atoms with Gasteiger partial charge < -0.3 is 5.32 Å². The monoisotopic (exact) mass is 240 g/mol. The fraction of sp³-hybridized carbons (Fsp3) is 0.438. The van der Waals surface area contributed by atoms with Crippen molar-refractivity contribution in [3.8, 4) is 0 Å². The van der Waals surface area contributed by atoms with Gasteiger partial charge in [0.25, 0.3) is 0 Å². The molecule has 0 aliphatic heterocycles. The van der Waals surface area contributed by atoms with Crippen molar-refractivity contribution in [2.45, 2.75) is 38.6 Å². The minimum absolute atomic E-state index is 0.590. The number of hydrogen-bond donors (Lipinski definition) is 1. The summed E-state index contributed by atoms with van der Waals surface area (Å²) in [6.07, 6.45) is 5.33. The third kappa shape index (κ3) is 2.33. The topological polar surface area (TPSA) is 24.9 Å². The van der Waals surface area contributed by atoms with E-state index in [0.29, 0.717) is 6.04 Å². The van der Waals surface area contributed by atoms with Gasteiger partial charge in [0.15, 0.2) is 0 Å². The molecule has 1 fully saturated rings. The number of rotatable bonds is 2. The Balaban J connectivity index is 1.81. The van der Waals surface area contributed by atoms with Gasteiger partial charge >= 0.3 is 0 Å². The lowest BCUT2D eigenvalue weighted by Crippen LogP contribution is -2.30. The Kier molecular flexibility index (Phi) is 3.18. The highest BCUT2D eigenvalue weighted by atomic mass is 15.0. The molecule has 2 nitrogen and oxygen atoms in total. The zero-order valence-electron chi connectivity index (χ0n) is 10.9. The molecular formula is C16H20N2. The van der Waals surface area contributed by atoms with Crippen LogP contribution >= 0.6 is 0 Å². The third-order valence-electron chi connectivity index (χ3n) is 4.04. The molecule has 1 N–H and O–H groups in total. The first kappa shape index (κ1) is 11.5. The number of hydrogen-bond acceptors (Lipinski definition) is 2. The summed E-state index contributed by atoms with van der Waals surface area (Å²) in [5.74, 6) is 1.78. The standard InChI is InChI=1S/C16H20N2/c1-12-6-2-4-8-14(12)17-16-11-10-13-7-3-5-9-15(13)18-16/h3,5,7,9-12,14H,2,4,6,8H2,1H3,(H,17,18). The van der Waals surface area contributed by atoms with Crippen LogP contribution in [0.4, 0.5) is 5.82 Å². The summed E-state index contributed by atoms with van der Waals surface area (Å²) in [5.41, 5.74) is 1.07. The summed E-state index contributed by atoms with van der Waals surface area (Å²) in [5, 5.41) is 4.82. The third-order valence-corrected chi connectivity index (χ3v) is 4.04. The zero-order chi connectivity index (χ0) is 12.4. The molecule has 2 aromatic rings. The van der Waals surface area contributed by atoms with E-state index < -0.39 is 0 Å². The molecule has 1 aliphatic rings. The quantitative estimate of drug-likeness (QED) is 0.850. The second kappa shape index (κ2) is 4.97. The smallest absolute Gasteiger partial charge is 0.126 e. The van der Waals surface area contributed by atoms with Gasteiger partial charge in [-0.05, 0) is 37.0 Å². The number of benzene rings is 1. The fourth-order valence-corrected chi connectivity index (χ4v) is 2.87. The maximum atomic E-state index is 4.69. The fourth-order valence-electron chi connectivity index (χ4n) is 2.87. The van der Waals surface area contributed by atoms with E-state index in [1.54, 1.807) is 0 Å². The second-order valence-corrected chi connectivity index (χ2v) is 5.40. The number of aromatic nitrogens is 1. The van der Waals surface area contributed by atoms with Crippen LogP contribution in [0.2, 0.25) is 0 Å². The lowest BCUT2D eigenvalue weighted by molar-refractivity contribution is 0.349. The van der Waals surface area contributed by atoms with Crippen LogP contribution < -0.4 is 5.32 Å². The van der Waals surface area contributed by atoms with Crippen LogP contribution in [0.15, 0.2) is 36.4 Å². The first-order valence-electron chi connectivity index (χ1n) is 6.95. The molecular weight excluding hydrogens is 220 g/mol. The SMILES string of the molecule is CC1CCCCC1Nc1ccc2ccccc2n1. The highest BCUT2D eigenvalue weighted by Gasteiger charge is 2.21. The number of fused-ring (bicyclic) bond motifs is 1. The number of pyridine rings is 1. The number of nitrogens with zero attached hydrogens (tertiary/aromatic N) is 1. The van der Waals surface area contributed by atoms with Crippen molar-refractivity contribution in [2.75, 3.05) is 5.32 Å². The Morgan fingerprint density at radius 2 is 1.89 bits per heavy atom. The highest BCUT2D eigenvalue weighted by Crippen LogP contribution is 2.26. The molecule has 3 rings (SSSR count). The molecule has 0 radical (unpaired) electrons. The molecule has 0 amide bonds. The molecule has 1 aromatic heterocycles. The molecule has 2 unspecified atom stereocenters. The number of anilines is 1. The van der Waals surface area contributed by atoms with Gasteiger partial charge in [0, 0.05) is 11.4 Å². The average Bonchev–Trinajstić information content (AvgIpc) is 2.41. The Bertz CT molecular complexity index is 535. The van der Waals surface area contributed by atoms with E-state index in [1.807, 2.05) is 6.07 Å². The van der Waals surface area contributed by atoms with Crippen LogP contribution in [0.3, 0.4) is 0 Å². The Morgan fingerprint density at radius 3 is 2.78 bits per heavy atom. The molecule has 2 atom stereocenters. The summed E-state index contributed by atoms with van der Waals surface area (Å²) in [4.78, 5) is 4.69. The molecule has 18 heavy (non-hydrogen) atoms. The molecule has 0 spiro atoms. The van der Waals surface area contributed by atoms with Crippen LogP contribution in [0.25, 0.3) is 10.9 Å². The highest BCUT2D eigenvalue weighted by molar-refractivity contribution is 5.80. The van der Waals surface area contributed by atoms with Crippen molar-refractivity contribution in [1.29, 1.82) is 0 Å². The summed E-state index contributed by atoms with van der Waals surface area (Å²) in [7, 11) is 0. The average molecular weight is 240 g/mol.